The summed E-state index contributed by atoms with van der Waals surface area (Å²) >= 11 is 0. The van der Waals surface area contributed by atoms with Gasteiger partial charge in [0.1, 0.15) is 0 Å². The van der Waals surface area contributed by atoms with Gasteiger partial charge in [-0.05, 0) is 36.6 Å². The largest absolute Gasteiger partial charge is 0.481 e. The van der Waals surface area contributed by atoms with Crippen molar-refractivity contribution in [2.75, 3.05) is 19.0 Å². The molecule has 5 nitrogen and oxygen atoms in total. The summed E-state index contributed by atoms with van der Waals surface area (Å²) in [6, 6.07) is 5.54. The third kappa shape index (κ3) is 3.23. The third-order valence-electron chi connectivity index (χ3n) is 2.86. The number of rotatable bonds is 5. The van der Waals surface area contributed by atoms with Gasteiger partial charge in [-0.2, -0.15) is 0 Å². The first-order valence-corrected chi connectivity index (χ1v) is 5.55. The van der Waals surface area contributed by atoms with Gasteiger partial charge in [-0.25, -0.2) is 0 Å². The third-order valence-corrected chi connectivity index (χ3v) is 2.86. The van der Waals surface area contributed by atoms with E-state index in [1.807, 2.05) is 38.1 Å². The van der Waals surface area contributed by atoms with Crippen LogP contribution in [0.25, 0.3) is 0 Å². The summed E-state index contributed by atoms with van der Waals surface area (Å²) in [4.78, 5) is 23.6. The molecule has 0 saturated heterocycles. The number of nitrogens with zero attached hydrogens (tertiary/aromatic N) is 1. The highest BCUT2D eigenvalue weighted by molar-refractivity contribution is 5.93. The predicted octanol–water partition coefficient (Wildman–Crippen LogP) is 1.39. The van der Waals surface area contributed by atoms with Crippen LogP contribution in [0, 0.1) is 12.8 Å². The first-order chi connectivity index (χ1) is 8.32. The molecule has 1 rings (SSSR count). The Hall–Kier alpha value is -2.04. The summed E-state index contributed by atoms with van der Waals surface area (Å²) < 4.78 is 0. The van der Waals surface area contributed by atoms with Gasteiger partial charge in [-0.15, -0.1) is 0 Å². The Morgan fingerprint density at radius 3 is 2.17 bits per heavy atom. The molecule has 98 valence electrons. The van der Waals surface area contributed by atoms with E-state index in [1.165, 1.54) is 0 Å². The van der Waals surface area contributed by atoms with Crippen LogP contribution in [0.4, 0.5) is 5.69 Å². The number of anilines is 1. The van der Waals surface area contributed by atoms with E-state index >= 15 is 0 Å². The summed E-state index contributed by atoms with van der Waals surface area (Å²) in [5, 5.41) is 17.7. The Morgan fingerprint density at radius 2 is 1.78 bits per heavy atom. The van der Waals surface area contributed by atoms with Crippen molar-refractivity contribution < 1.29 is 19.8 Å². The quantitative estimate of drug-likeness (QED) is 0.773. The molecule has 5 heteroatoms. The van der Waals surface area contributed by atoms with Gasteiger partial charge in [0.05, 0.1) is 0 Å². The van der Waals surface area contributed by atoms with Crippen LogP contribution in [0.1, 0.15) is 11.1 Å². The van der Waals surface area contributed by atoms with Crippen molar-refractivity contribution >= 4 is 17.6 Å². The van der Waals surface area contributed by atoms with E-state index in [4.69, 9.17) is 10.2 Å². The summed E-state index contributed by atoms with van der Waals surface area (Å²) in [7, 11) is 3.82. The molecule has 0 radical (unpaired) electrons. The van der Waals surface area contributed by atoms with Crippen molar-refractivity contribution in [1.82, 2.24) is 0 Å². The summed E-state index contributed by atoms with van der Waals surface area (Å²) in [5.41, 5.74) is 2.64. The number of benzene rings is 1. The zero-order valence-corrected chi connectivity index (χ0v) is 10.7. The second-order valence-corrected chi connectivity index (χ2v) is 4.44. The normalized spacial score (nSPS) is 10.4. The molecular weight excluding hydrogens is 234 g/mol. The molecule has 0 aliphatic rings. The van der Waals surface area contributed by atoms with Gasteiger partial charge in [-0.3, -0.25) is 9.59 Å². The summed E-state index contributed by atoms with van der Waals surface area (Å²) in [6.07, 6.45) is 0.00418. The SMILES string of the molecule is Cc1cc(N(C)C)ccc1CC(C(=O)O)C(=O)O. The average molecular weight is 251 g/mol. The monoisotopic (exact) mass is 251 g/mol. The molecule has 0 saturated carbocycles. The van der Waals surface area contributed by atoms with Gasteiger partial charge in [0.2, 0.25) is 0 Å². The number of hydrogen-bond donors (Lipinski definition) is 2. The van der Waals surface area contributed by atoms with Crippen LogP contribution in [0.15, 0.2) is 18.2 Å². The standard InChI is InChI=1S/C13H17NO4/c1-8-6-10(14(2)3)5-4-9(8)7-11(12(15)16)13(17)18/h4-6,11H,7H2,1-3H3,(H,15,16)(H,17,18). The minimum atomic E-state index is -1.39. The lowest BCUT2D eigenvalue weighted by molar-refractivity contribution is -0.154. The van der Waals surface area contributed by atoms with Crippen molar-refractivity contribution in [2.45, 2.75) is 13.3 Å². The van der Waals surface area contributed by atoms with Gasteiger partial charge >= 0.3 is 11.9 Å². The van der Waals surface area contributed by atoms with Crippen molar-refractivity contribution in [1.29, 1.82) is 0 Å². The van der Waals surface area contributed by atoms with E-state index in [1.54, 1.807) is 6.07 Å². The highest BCUT2D eigenvalue weighted by Gasteiger charge is 2.26. The maximum absolute atomic E-state index is 10.8. The number of carboxylic acid groups (broad SMARTS) is 2. The lowest BCUT2D eigenvalue weighted by atomic mass is 9.96. The van der Waals surface area contributed by atoms with Gasteiger partial charge in [0.25, 0.3) is 0 Å². The van der Waals surface area contributed by atoms with Crippen molar-refractivity contribution in [3.63, 3.8) is 0 Å². The van der Waals surface area contributed by atoms with Gasteiger partial charge < -0.3 is 15.1 Å². The lowest BCUT2D eigenvalue weighted by Gasteiger charge is -2.16. The highest BCUT2D eigenvalue weighted by atomic mass is 16.4. The molecule has 0 aromatic heterocycles. The molecule has 0 aliphatic heterocycles. The Labute approximate surface area is 106 Å². The van der Waals surface area contributed by atoms with Crippen molar-refractivity contribution in [3.05, 3.63) is 29.3 Å². The average Bonchev–Trinajstić information content (AvgIpc) is 2.25. The molecule has 0 amide bonds. The van der Waals surface area contributed by atoms with Gasteiger partial charge in [-0.1, -0.05) is 6.07 Å². The van der Waals surface area contributed by atoms with E-state index < -0.39 is 17.9 Å². The van der Waals surface area contributed by atoms with Crippen LogP contribution >= 0.6 is 0 Å². The maximum Gasteiger partial charge on any atom is 0.318 e. The molecule has 1 aromatic rings. The van der Waals surface area contributed by atoms with E-state index in [0.717, 1.165) is 16.8 Å². The first kappa shape index (κ1) is 14.0. The van der Waals surface area contributed by atoms with Crippen LogP contribution in [-0.2, 0) is 16.0 Å². The molecular formula is C13H17NO4. The van der Waals surface area contributed by atoms with E-state index in [2.05, 4.69) is 0 Å². The Morgan fingerprint density at radius 1 is 1.22 bits per heavy atom. The van der Waals surface area contributed by atoms with E-state index in [9.17, 15) is 9.59 Å². The van der Waals surface area contributed by atoms with Crippen LogP contribution in [0.3, 0.4) is 0 Å². The molecule has 1 aromatic carbocycles. The van der Waals surface area contributed by atoms with Crippen LogP contribution < -0.4 is 4.90 Å². The lowest BCUT2D eigenvalue weighted by Crippen LogP contribution is -2.25. The number of carbonyl (C=O) groups is 2. The molecule has 0 fully saturated rings. The number of hydrogen-bond acceptors (Lipinski definition) is 3. The molecule has 18 heavy (non-hydrogen) atoms. The summed E-state index contributed by atoms with van der Waals surface area (Å²) in [6.45, 7) is 1.85. The van der Waals surface area contributed by atoms with E-state index in [-0.39, 0.29) is 6.42 Å². The second kappa shape index (κ2) is 5.53. The molecule has 0 unspecified atom stereocenters. The molecule has 0 bridgehead atoms. The Kier molecular flexibility index (Phi) is 4.31. The molecule has 0 atom stereocenters. The molecule has 2 N–H and O–H groups in total. The summed E-state index contributed by atoms with van der Waals surface area (Å²) in [5.74, 6) is -4.01. The Balaban J connectivity index is 2.97. The highest BCUT2D eigenvalue weighted by Crippen LogP contribution is 2.20. The minimum Gasteiger partial charge on any atom is -0.481 e. The van der Waals surface area contributed by atoms with Crippen LogP contribution in [0.2, 0.25) is 0 Å². The van der Waals surface area contributed by atoms with Gasteiger partial charge in [0, 0.05) is 19.8 Å². The van der Waals surface area contributed by atoms with Crippen molar-refractivity contribution in [2.24, 2.45) is 5.92 Å². The predicted molar refractivity (Wildman–Crippen MR) is 68.0 cm³/mol. The maximum atomic E-state index is 10.8. The number of aliphatic carboxylic acids is 2. The second-order valence-electron chi connectivity index (χ2n) is 4.44. The fourth-order valence-corrected chi connectivity index (χ4v) is 1.69. The fourth-order valence-electron chi connectivity index (χ4n) is 1.69. The van der Waals surface area contributed by atoms with Gasteiger partial charge in [0.15, 0.2) is 5.92 Å². The first-order valence-electron chi connectivity index (χ1n) is 5.55. The van der Waals surface area contributed by atoms with Crippen LogP contribution in [-0.4, -0.2) is 36.2 Å². The fraction of sp³-hybridized carbons (Fsp3) is 0.385. The molecule has 0 spiro atoms. The number of carboxylic acids is 2. The van der Waals surface area contributed by atoms with Crippen molar-refractivity contribution in [3.8, 4) is 0 Å². The van der Waals surface area contributed by atoms with Crippen LogP contribution in [0.5, 0.6) is 0 Å². The Bertz CT molecular complexity index is 454. The zero-order valence-electron chi connectivity index (χ0n) is 10.7. The smallest absolute Gasteiger partial charge is 0.318 e. The molecule has 0 heterocycles. The zero-order chi connectivity index (χ0) is 13.9. The minimum absolute atomic E-state index is 0.00418. The topological polar surface area (TPSA) is 77.8 Å². The number of aryl methyl sites for hydroxylation is 1. The molecule has 0 aliphatic carbocycles. The van der Waals surface area contributed by atoms with E-state index in [0.29, 0.717) is 0 Å².